The van der Waals surface area contributed by atoms with Crippen LogP contribution < -0.4 is 34.4 Å². The molecule has 0 aromatic heterocycles. The summed E-state index contributed by atoms with van der Waals surface area (Å²) in [5, 5.41) is 9.91. The number of ether oxygens (including phenoxy) is 1. The number of nitrogens with two attached hydrogens (primary N) is 6. The normalized spacial score (nSPS) is 21.8. The number of aliphatic imine (C=N–C) groups is 1. The smallest absolute Gasteiger partial charge is 0.197 e. The van der Waals surface area contributed by atoms with Crippen LogP contribution in [-0.4, -0.2) is 35.8 Å². The topological polar surface area (TPSA) is 198 Å². The Morgan fingerprint density at radius 2 is 1.91 bits per heavy atom. The maximum atomic E-state index is 9.91. The second-order valence-corrected chi connectivity index (χ2v) is 5.36. The second-order valence-electron chi connectivity index (χ2n) is 5.36. The zero-order chi connectivity index (χ0) is 16.9. The van der Waals surface area contributed by atoms with E-state index in [1.807, 2.05) is 6.92 Å². The highest BCUT2D eigenvalue weighted by Crippen LogP contribution is 2.19. The first-order valence-electron chi connectivity index (χ1n) is 7.08. The van der Waals surface area contributed by atoms with E-state index in [1.165, 1.54) is 0 Å². The van der Waals surface area contributed by atoms with Crippen molar-refractivity contribution >= 4 is 5.71 Å². The third-order valence-corrected chi connectivity index (χ3v) is 3.55. The van der Waals surface area contributed by atoms with Crippen molar-refractivity contribution in [2.45, 2.75) is 44.6 Å². The zero-order valence-electron chi connectivity index (χ0n) is 12.8. The van der Waals surface area contributed by atoms with Crippen molar-refractivity contribution in [3.63, 3.8) is 0 Å². The lowest BCUT2D eigenvalue weighted by Crippen LogP contribution is -2.35. The fraction of sp³-hybridized carbons (Fsp3) is 0.615. The molecule has 9 nitrogen and oxygen atoms in total. The van der Waals surface area contributed by atoms with Crippen molar-refractivity contribution in [1.82, 2.24) is 0 Å². The van der Waals surface area contributed by atoms with Crippen LogP contribution in [0.3, 0.4) is 0 Å². The van der Waals surface area contributed by atoms with Gasteiger partial charge in [0.15, 0.2) is 6.29 Å². The van der Waals surface area contributed by atoms with Gasteiger partial charge >= 0.3 is 0 Å². The molecule has 0 fully saturated rings. The molecular formula is C13H27N7O2. The lowest BCUT2D eigenvalue weighted by molar-refractivity contribution is -0.0751. The Balaban J connectivity index is 2.51. The van der Waals surface area contributed by atoms with Gasteiger partial charge in [-0.1, -0.05) is 0 Å². The van der Waals surface area contributed by atoms with Gasteiger partial charge in [-0.05, 0) is 26.2 Å². The summed E-state index contributed by atoms with van der Waals surface area (Å²) < 4.78 is 5.22. The van der Waals surface area contributed by atoms with Crippen molar-refractivity contribution in [2.75, 3.05) is 6.61 Å². The van der Waals surface area contributed by atoms with Crippen LogP contribution in [0.4, 0.5) is 0 Å². The van der Waals surface area contributed by atoms with Crippen LogP contribution in [0, 0.1) is 0 Å². The van der Waals surface area contributed by atoms with Crippen LogP contribution in [0.2, 0.25) is 0 Å². The third kappa shape index (κ3) is 4.79. The lowest BCUT2D eigenvalue weighted by Gasteiger charge is -2.18. The molecule has 9 heteroatoms. The molecule has 0 aromatic carbocycles. The molecule has 0 aliphatic carbocycles. The highest BCUT2D eigenvalue weighted by Gasteiger charge is 2.22. The average molecular weight is 313 g/mol. The molecule has 1 rings (SSSR count). The zero-order valence-corrected chi connectivity index (χ0v) is 12.8. The summed E-state index contributed by atoms with van der Waals surface area (Å²) >= 11 is 0. The largest absolute Gasteiger partial charge is 0.399 e. The van der Waals surface area contributed by atoms with Crippen LogP contribution in [0.1, 0.15) is 26.2 Å². The molecule has 1 aliphatic heterocycles. The lowest BCUT2D eigenvalue weighted by atomic mass is 10.1. The van der Waals surface area contributed by atoms with Gasteiger partial charge in [0, 0.05) is 5.71 Å². The van der Waals surface area contributed by atoms with Crippen molar-refractivity contribution < 1.29 is 9.84 Å². The first kappa shape index (κ1) is 18.1. The fourth-order valence-corrected chi connectivity index (χ4v) is 2.07. The number of hydrogen-bond donors (Lipinski definition) is 7. The van der Waals surface area contributed by atoms with Gasteiger partial charge < -0.3 is 44.2 Å². The molecule has 0 amide bonds. The van der Waals surface area contributed by atoms with Gasteiger partial charge in [-0.3, -0.25) is 4.99 Å². The summed E-state index contributed by atoms with van der Waals surface area (Å²) in [6, 6.07) is -0.752. The standard InChI is InChI=1S/C13H27N7O2/c1-6-2-3-8(20-6)10(16)11(17)13(21)22-5-4-7(14)9(15)12(18)19/h7-8,13,21H,2-5,14-19H2,1H3/b11-10-. The summed E-state index contributed by atoms with van der Waals surface area (Å²) in [5.74, 6) is -0.0221. The van der Waals surface area contributed by atoms with E-state index >= 15 is 0 Å². The van der Waals surface area contributed by atoms with Crippen LogP contribution in [0.25, 0.3) is 0 Å². The minimum Gasteiger partial charge on any atom is -0.399 e. The van der Waals surface area contributed by atoms with Crippen molar-refractivity contribution in [1.29, 1.82) is 0 Å². The highest BCUT2D eigenvalue weighted by atomic mass is 16.6. The molecular weight excluding hydrogens is 286 g/mol. The third-order valence-electron chi connectivity index (χ3n) is 3.55. The minimum atomic E-state index is -1.32. The monoisotopic (exact) mass is 313 g/mol. The molecule has 0 bridgehead atoms. The summed E-state index contributed by atoms with van der Waals surface area (Å²) in [6.07, 6.45) is 0.668. The van der Waals surface area contributed by atoms with E-state index in [-0.39, 0.29) is 29.9 Å². The molecule has 1 aliphatic rings. The van der Waals surface area contributed by atoms with Crippen LogP contribution in [0.5, 0.6) is 0 Å². The molecule has 0 aromatic rings. The van der Waals surface area contributed by atoms with E-state index in [2.05, 4.69) is 4.99 Å². The number of aliphatic hydroxyl groups is 1. The number of aliphatic hydroxyl groups excluding tert-OH is 1. The van der Waals surface area contributed by atoms with E-state index in [0.29, 0.717) is 12.1 Å². The van der Waals surface area contributed by atoms with E-state index in [9.17, 15) is 5.11 Å². The number of hydrogen-bond acceptors (Lipinski definition) is 9. The van der Waals surface area contributed by atoms with E-state index < -0.39 is 12.3 Å². The van der Waals surface area contributed by atoms with Gasteiger partial charge in [0.05, 0.1) is 35.8 Å². The summed E-state index contributed by atoms with van der Waals surface area (Å²) in [6.45, 7) is 2.05. The quantitative estimate of drug-likeness (QED) is 0.257. The molecule has 22 heavy (non-hydrogen) atoms. The fourth-order valence-electron chi connectivity index (χ4n) is 2.07. The van der Waals surface area contributed by atoms with E-state index in [1.54, 1.807) is 0 Å². The minimum absolute atomic E-state index is 0.0221. The molecule has 3 unspecified atom stereocenters. The highest BCUT2D eigenvalue weighted by molar-refractivity contribution is 5.84. The Kier molecular flexibility index (Phi) is 6.47. The first-order valence-corrected chi connectivity index (χ1v) is 7.08. The molecule has 3 atom stereocenters. The summed E-state index contributed by atoms with van der Waals surface area (Å²) in [4.78, 5) is 4.36. The van der Waals surface area contributed by atoms with Gasteiger partial charge in [-0.15, -0.1) is 0 Å². The molecule has 0 radical (unpaired) electrons. The van der Waals surface area contributed by atoms with Crippen molar-refractivity contribution in [3.8, 4) is 0 Å². The van der Waals surface area contributed by atoms with Gasteiger partial charge in [0.1, 0.15) is 5.82 Å². The predicted octanol–water partition coefficient (Wildman–Crippen LogP) is -2.16. The molecule has 126 valence electrons. The molecule has 0 spiro atoms. The number of nitrogens with zero attached hydrogens (tertiary/aromatic N) is 1. The van der Waals surface area contributed by atoms with Crippen LogP contribution in [-0.2, 0) is 4.74 Å². The Morgan fingerprint density at radius 1 is 1.27 bits per heavy atom. The SMILES string of the molecule is CC1=NC(/C(N)=C(/N)C(O)OCCC(N)C(N)=C(N)N)CC1. The first-order chi connectivity index (χ1) is 10.2. The maximum Gasteiger partial charge on any atom is 0.197 e. The Labute approximate surface area is 130 Å². The summed E-state index contributed by atoms with van der Waals surface area (Å²) in [5.41, 5.74) is 35.4. The number of rotatable bonds is 7. The second kappa shape index (κ2) is 7.87. The van der Waals surface area contributed by atoms with Gasteiger partial charge in [0.2, 0.25) is 0 Å². The van der Waals surface area contributed by atoms with Gasteiger partial charge in [-0.25, -0.2) is 0 Å². The maximum absolute atomic E-state index is 9.91. The Hall–Kier alpha value is -1.97. The average Bonchev–Trinajstić information content (AvgIpc) is 2.90. The van der Waals surface area contributed by atoms with E-state index in [4.69, 9.17) is 39.1 Å². The van der Waals surface area contributed by atoms with E-state index in [0.717, 1.165) is 18.6 Å². The Bertz CT molecular complexity index is 483. The summed E-state index contributed by atoms with van der Waals surface area (Å²) in [7, 11) is 0. The van der Waals surface area contributed by atoms with Crippen LogP contribution in [0.15, 0.2) is 27.9 Å². The Morgan fingerprint density at radius 3 is 2.41 bits per heavy atom. The van der Waals surface area contributed by atoms with Crippen LogP contribution >= 0.6 is 0 Å². The molecule has 1 heterocycles. The molecule has 13 N–H and O–H groups in total. The van der Waals surface area contributed by atoms with Crippen molar-refractivity contribution in [2.24, 2.45) is 39.4 Å². The van der Waals surface area contributed by atoms with Gasteiger partial charge in [-0.2, -0.15) is 0 Å². The van der Waals surface area contributed by atoms with Crippen molar-refractivity contribution in [3.05, 3.63) is 22.9 Å². The molecule has 0 saturated carbocycles. The van der Waals surface area contributed by atoms with Gasteiger partial charge in [0.25, 0.3) is 0 Å². The molecule has 0 saturated heterocycles. The predicted molar refractivity (Wildman–Crippen MR) is 85.7 cm³/mol.